The lowest BCUT2D eigenvalue weighted by molar-refractivity contribution is -0.384. The summed E-state index contributed by atoms with van der Waals surface area (Å²) in [5, 5.41) is 13.8. The van der Waals surface area contributed by atoms with Crippen LogP contribution in [0.25, 0.3) is 0 Å². The highest BCUT2D eigenvalue weighted by molar-refractivity contribution is 5.98. The standard InChI is InChI=1S/C20H20N2O5/c1-12-8-9-16(17(10-12)22(25)26)21-19(23)18(14-6-4-3-5-7-14)27-20(24)15-11-13(15)2/h3-10,13,15,18H,11H2,1-2H3,(H,21,23)/t13-,15-,18-/m0/s1. The first-order chi connectivity index (χ1) is 12.9. The van der Waals surface area contributed by atoms with E-state index in [4.69, 9.17) is 4.74 Å². The molecule has 0 spiro atoms. The highest BCUT2D eigenvalue weighted by Crippen LogP contribution is 2.40. The number of amides is 1. The Morgan fingerprint density at radius 2 is 1.89 bits per heavy atom. The maximum Gasteiger partial charge on any atom is 0.310 e. The molecule has 0 heterocycles. The first kappa shape index (κ1) is 18.6. The number of esters is 1. The van der Waals surface area contributed by atoms with Crippen LogP contribution in [-0.4, -0.2) is 16.8 Å². The third-order valence-corrected chi connectivity index (χ3v) is 4.59. The molecule has 1 aliphatic rings. The van der Waals surface area contributed by atoms with E-state index in [-0.39, 0.29) is 23.2 Å². The number of nitrogens with one attached hydrogen (secondary N) is 1. The van der Waals surface area contributed by atoms with Crippen LogP contribution in [0.1, 0.15) is 30.6 Å². The van der Waals surface area contributed by atoms with Crippen LogP contribution >= 0.6 is 0 Å². The number of ether oxygens (including phenoxy) is 1. The van der Waals surface area contributed by atoms with Crippen LogP contribution in [0, 0.1) is 28.9 Å². The van der Waals surface area contributed by atoms with Crippen LogP contribution < -0.4 is 5.32 Å². The van der Waals surface area contributed by atoms with Gasteiger partial charge in [0.2, 0.25) is 6.10 Å². The summed E-state index contributed by atoms with van der Waals surface area (Å²) in [5.41, 5.74) is 1.06. The molecule has 0 unspecified atom stereocenters. The number of rotatable bonds is 6. The van der Waals surface area contributed by atoms with Crippen molar-refractivity contribution in [1.29, 1.82) is 0 Å². The molecular weight excluding hydrogens is 348 g/mol. The molecule has 7 heteroatoms. The van der Waals surface area contributed by atoms with Gasteiger partial charge in [-0.3, -0.25) is 19.7 Å². The quantitative estimate of drug-likeness (QED) is 0.475. The first-order valence-electron chi connectivity index (χ1n) is 8.68. The molecule has 0 bridgehead atoms. The van der Waals surface area contributed by atoms with Gasteiger partial charge in [0.15, 0.2) is 0 Å². The molecule has 0 aliphatic heterocycles. The van der Waals surface area contributed by atoms with E-state index in [1.165, 1.54) is 12.1 Å². The predicted octanol–water partition coefficient (Wildman–Crippen LogP) is 3.78. The van der Waals surface area contributed by atoms with Gasteiger partial charge in [0.1, 0.15) is 5.69 Å². The summed E-state index contributed by atoms with van der Waals surface area (Å²) in [4.78, 5) is 35.8. The molecule has 1 saturated carbocycles. The Morgan fingerprint density at radius 1 is 1.22 bits per heavy atom. The van der Waals surface area contributed by atoms with Crippen molar-refractivity contribution < 1.29 is 19.2 Å². The van der Waals surface area contributed by atoms with Gasteiger partial charge in [-0.1, -0.05) is 43.3 Å². The minimum atomic E-state index is -1.17. The normalized spacial score (nSPS) is 19.0. The molecule has 0 aromatic heterocycles. The number of carbonyl (C=O) groups is 2. The van der Waals surface area contributed by atoms with Crippen molar-refractivity contribution in [3.05, 3.63) is 69.8 Å². The average Bonchev–Trinajstić information content (AvgIpc) is 3.38. The molecule has 3 rings (SSSR count). The topological polar surface area (TPSA) is 98.5 Å². The number of nitrogens with zero attached hydrogens (tertiary/aromatic N) is 1. The van der Waals surface area contributed by atoms with Gasteiger partial charge in [0.25, 0.3) is 11.6 Å². The summed E-state index contributed by atoms with van der Waals surface area (Å²) in [7, 11) is 0. The lowest BCUT2D eigenvalue weighted by Crippen LogP contribution is -2.27. The highest BCUT2D eigenvalue weighted by atomic mass is 16.6. The molecule has 0 saturated heterocycles. The lowest BCUT2D eigenvalue weighted by Gasteiger charge is -2.18. The predicted molar refractivity (Wildman–Crippen MR) is 99.0 cm³/mol. The molecule has 1 fully saturated rings. The summed E-state index contributed by atoms with van der Waals surface area (Å²) in [6.45, 7) is 3.67. The summed E-state index contributed by atoms with van der Waals surface area (Å²) in [6.07, 6.45) is -0.432. The van der Waals surface area contributed by atoms with E-state index < -0.39 is 22.9 Å². The van der Waals surface area contributed by atoms with Crippen LogP contribution in [0.3, 0.4) is 0 Å². The number of hydrogen-bond acceptors (Lipinski definition) is 5. The zero-order chi connectivity index (χ0) is 19.6. The molecule has 1 N–H and O–H groups in total. The summed E-state index contributed by atoms with van der Waals surface area (Å²) in [5.74, 6) is -1.01. The van der Waals surface area contributed by atoms with Crippen LogP contribution in [-0.2, 0) is 14.3 Å². The van der Waals surface area contributed by atoms with E-state index >= 15 is 0 Å². The Hall–Kier alpha value is -3.22. The number of benzene rings is 2. The third-order valence-electron chi connectivity index (χ3n) is 4.59. The fraction of sp³-hybridized carbons (Fsp3) is 0.300. The van der Waals surface area contributed by atoms with Gasteiger partial charge >= 0.3 is 5.97 Å². The van der Waals surface area contributed by atoms with Gasteiger partial charge < -0.3 is 10.1 Å². The van der Waals surface area contributed by atoms with Crippen LogP contribution in [0.2, 0.25) is 0 Å². The van der Waals surface area contributed by atoms with E-state index in [1.807, 2.05) is 6.92 Å². The number of hydrogen-bond donors (Lipinski definition) is 1. The van der Waals surface area contributed by atoms with Crippen LogP contribution in [0.5, 0.6) is 0 Å². The molecule has 7 nitrogen and oxygen atoms in total. The van der Waals surface area contributed by atoms with Gasteiger partial charge in [-0.2, -0.15) is 0 Å². The molecule has 2 aromatic rings. The number of nitro groups is 1. The highest BCUT2D eigenvalue weighted by Gasteiger charge is 2.42. The summed E-state index contributed by atoms with van der Waals surface area (Å²) < 4.78 is 5.47. The van der Waals surface area contributed by atoms with Gasteiger partial charge in [-0.05, 0) is 30.9 Å². The summed E-state index contributed by atoms with van der Waals surface area (Å²) >= 11 is 0. The molecular formula is C20H20N2O5. The van der Waals surface area contributed by atoms with Crippen molar-refractivity contribution in [1.82, 2.24) is 0 Å². The van der Waals surface area contributed by atoms with Crippen molar-refractivity contribution in [3.63, 3.8) is 0 Å². The second kappa shape index (κ2) is 7.57. The number of aryl methyl sites for hydroxylation is 1. The van der Waals surface area contributed by atoms with Crippen molar-refractivity contribution in [2.45, 2.75) is 26.4 Å². The Morgan fingerprint density at radius 3 is 2.48 bits per heavy atom. The largest absolute Gasteiger partial charge is 0.447 e. The van der Waals surface area contributed by atoms with E-state index in [1.54, 1.807) is 43.3 Å². The molecule has 3 atom stereocenters. The van der Waals surface area contributed by atoms with Gasteiger partial charge in [0.05, 0.1) is 10.8 Å². The molecule has 2 aromatic carbocycles. The van der Waals surface area contributed by atoms with Gasteiger partial charge in [-0.15, -0.1) is 0 Å². The van der Waals surface area contributed by atoms with E-state index in [0.29, 0.717) is 11.1 Å². The zero-order valence-electron chi connectivity index (χ0n) is 15.0. The fourth-order valence-electron chi connectivity index (χ4n) is 2.85. The van der Waals surface area contributed by atoms with E-state index in [0.717, 1.165) is 6.42 Å². The monoisotopic (exact) mass is 368 g/mol. The van der Waals surface area contributed by atoms with Crippen molar-refractivity contribution in [2.75, 3.05) is 5.32 Å². The Bertz CT molecular complexity index is 881. The molecule has 1 aliphatic carbocycles. The molecule has 27 heavy (non-hydrogen) atoms. The maximum atomic E-state index is 12.8. The van der Waals surface area contributed by atoms with E-state index in [2.05, 4.69) is 5.32 Å². The third kappa shape index (κ3) is 4.31. The Balaban J connectivity index is 1.85. The fourth-order valence-corrected chi connectivity index (χ4v) is 2.85. The second-order valence-electron chi connectivity index (χ2n) is 6.81. The van der Waals surface area contributed by atoms with Crippen LogP contribution in [0.15, 0.2) is 48.5 Å². The molecule has 1 amide bonds. The van der Waals surface area contributed by atoms with E-state index in [9.17, 15) is 19.7 Å². The zero-order valence-corrected chi connectivity index (χ0v) is 15.0. The Labute approximate surface area is 156 Å². The molecule has 140 valence electrons. The number of nitro benzene ring substituents is 1. The maximum absolute atomic E-state index is 12.8. The second-order valence-corrected chi connectivity index (χ2v) is 6.81. The smallest absolute Gasteiger partial charge is 0.310 e. The minimum absolute atomic E-state index is 0.0624. The van der Waals surface area contributed by atoms with Crippen molar-refractivity contribution in [2.24, 2.45) is 11.8 Å². The lowest BCUT2D eigenvalue weighted by atomic mass is 10.1. The minimum Gasteiger partial charge on any atom is -0.447 e. The summed E-state index contributed by atoms with van der Waals surface area (Å²) in [6, 6.07) is 13.1. The molecule has 0 radical (unpaired) electrons. The van der Waals surface area contributed by atoms with Gasteiger partial charge in [-0.25, -0.2) is 0 Å². The number of anilines is 1. The van der Waals surface area contributed by atoms with Crippen LogP contribution in [0.4, 0.5) is 11.4 Å². The van der Waals surface area contributed by atoms with Crippen molar-refractivity contribution >= 4 is 23.3 Å². The average molecular weight is 368 g/mol. The Kier molecular flexibility index (Phi) is 5.21. The van der Waals surface area contributed by atoms with Gasteiger partial charge in [0, 0.05) is 11.6 Å². The SMILES string of the molecule is Cc1ccc(NC(=O)[C@@H](OC(=O)[C@H]2C[C@@H]2C)c2ccccc2)c([N+](=O)[O-])c1. The first-order valence-corrected chi connectivity index (χ1v) is 8.68. The number of carbonyl (C=O) groups excluding carboxylic acids is 2. The van der Waals surface area contributed by atoms with Crippen molar-refractivity contribution in [3.8, 4) is 0 Å².